The fourth-order valence-corrected chi connectivity index (χ4v) is 4.92. The van der Waals surface area contributed by atoms with Gasteiger partial charge in [-0.1, -0.05) is 67.8 Å². The lowest BCUT2D eigenvalue weighted by Gasteiger charge is -2.21. The highest BCUT2D eigenvalue weighted by Crippen LogP contribution is 2.18. The van der Waals surface area contributed by atoms with Crippen molar-refractivity contribution in [2.75, 3.05) is 6.54 Å². The molecule has 0 aliphatic heterocycles. The molecule has 2 aromatic carbocycles. The number of hydrogen-bond donors (Lipinski definition) is 1. The largest absolute Gasteiger partial charge is 0.272 e. The van der Waals surface area contributed by atoms with E-state index >= 15 is 0 Å². The zero-order valence-corrected chi connectivity index (χ0v) is 18.0. The zero-order valence-electron chi connectivity index (χ0n) is 17.2. The number of nitrogens with one attached hydrogen (secondary N) is 1. The predicted molar refractivity (Wildman–Crippen MR) is 118 cm³/mol. The second-order valence-corrected chi connectivity index (χ2v) is 9.49. The van der Waals surface area contributed by atoms with Gasteiger partial charge in [0, 0.05) is 12.3 Å². The Bertz CT molecular complexity index is 934. The third-order valence-electron chi connectivity index (χ3n) is 5.17. The Morgan fingerprint density at radius 2 is 1.43 bits per heavy atom. The van der Waals surface area contributed by atoms with Crippen LogP contribution in [0.2, 0.25) is 0 Å². The molecular weight excluding hydrogens is 398 g/mol. The molecule has 1 aliphatic rings. The number of benzene rings is 2. The smallest absolute Gasteiger partial charge is 0.255 e. The molecule has 0 bridgehead atoms. The van der Waals surface area contributed by atoms with Crippen LogP contribution in [0.5, 0.6) is 0 Å². The predicted octanol–water partition coefficient (Wildman–Crippen LogP) is 4.09. The molecule has 1 fully saturated rings. The molecule has 6 nitrogen and oxygen atoms in total. The lowest BCUT2D eigenvalue weighted by Crippen LogP contribution is -2.39. The molecule has 1 N–H and O–H groups in total. The molecule has 160 valence electrons. The molecule has 0 aromatic heterocycles. The maximum absolute atomic E-state index is 13.2. The van der Waals surface area contributed by atoms with Crippen molar-refractivity contribution < 1.29 is 13.2 Å². The van der Waals surface area contributed by atoms with Crippen LogP contribution in [0.4, 0.5) is 0 Å². The van der Waals surface area contributed by atoms with Crippen LogP contribution in [0, 0.1) is 0 Å². The summed E-state index contributed by atoms with van der Waals surface area (Å²) in [6.45, 7) is -0.176. The normalized spacial score (nSPS) is 15.3. The van der Waals surface area contributed by atoms with Crippen LogP contribution in [-0.2, 0) is 21.4 Å². The molecule has 0 unspecified atom stereocenters. The van der Waals surface area contributed by atoms with Gasteiger partial charge in [-0.25, -0.2) is 13.8 Å². The summed E-state index contributed by atoms with van der Waals surface area (Å²) in [7, 11) is -3.82. The second kappa shape index (κ2) is 11.0. The number of amides is 1. The van der Waals surface area contributed by atoms with Gasteiger partial charge in [0.1, 0.15) is 0 Å². The highest BCUT2D eigenvalue weighted by Gasteiger charge is 2.26. The quantitative estimate of drug-likeness (QED) is 0.676. The molecule has 30 heavy (non-hydrogen) atoms. The molecule has 0 heterocycles. The van der Waals surface area contributed by atoms with E-state index in [2.05, 4.69) is 10.5 Å². The van der Waals surface area contributed by atoms with Crippen molar-refractivity contribution in [3.8, 4) is 0 Å². The molecule has 3 rings (SSSR count). The third kappa shape index (κ3) is 6.50. The van der Waals surface area contributed by atoms with Gasteiger partial charge in [0.15, 0.2) is 0 Å². The molecule has 0 radical (unpaired) electrons. The minimum Gasteiger partial charge on any atom is -0.272 e. The van der Waals surface area contributed by atoms with Crippen LogP contribution >= 0.6 is 0 Å². The van der Waals surface area contributed by atoms with Gasteiger partial charge in [0.25, 0.3) is 5.91 Å². The summed E-state index contributed by atoms with van der Waals surface area (Å²) >= 11 is 0. The molecule has 7 heteroatoms. The average molecular weight is 428 g/mol. The van der Waals surface area contributed by atoms with E-state index in [4.69, 9.17) is 0 Å². The minimum atomic E-state index is -3.82. The lowest BCUT2D eigenvalue weighted by molar-refractivity contribution is -0.121. The van der Waals surface area contributed by atoms with Gasteiger partial charge in [-0.3, -0.25) is 4.79 Å². The number of hydrazone groups is 1. The Morgan fingerprint density at radius 1 is 0.867 bits per heavy atom. The molecule has 2 aromatic rings. The fraction of sp³-hybridized carbons (Fsp3) is 0.391. The van der Waals surface area contributed by atoms with Crippen molar-refractivity contribution in [2.45, 2.75) is 56.4 Å². The van der Waals surface area contributed by atoms with E-state index < -0.39 is 15.9 Å². The van der Waals surface area contributed by atoms with Gasteiger partial charge < -0.3 is 0 Å². The second-order valence-electron chi connectivity index (χ2n) is 7.55. The van der Waals surface area contributed by atoms with E-state index in [1.807, 2.05) is 30.3 Å². The maximum Gasteiger partial charge on any atom is 0.255 e. The highest BCUT2D eigenvalue weighted by molar-refractivity contribution is 7.89. The number of nitrogens with zero attached hydrogens (tertiary/aromatic N) is 2. The molecule has 0 saturated heterocycles. The third-order valence-corrected chi connectivity index (χ3v) is 6.98. The van der Waals surface area contributed by atoms with Crippen molar-refractivity contribution in [3.05, 3.63) is 66.2 Å². The number of carbonyl (C=O) groups excluding carboxylic acids is 1. The summed E-state index contributed by atoms with van der Waals surface area (Å²) in [6.07, 6.45) is 7.56. The Morgan fingerprint density at radius 3 is 2.07 bits per heavy atom. The number of hydrogen-bond acceptors (Lipinski definition) is 4. The minimum absolute atomic E-state index is 0.113. The Kier molecular flexibility index (Phi) is 8.16. The van der Waals surface area contributed by atoms with E-state index in [0.717, 1.165) is 37.0 Å². The maximum atomic E-state index is 13.2. The summed E-state index contributed by atoms with van der Waals surface area (Å²) in [5.74, 6) is -0.431. The molecule has 1 saturated carbocycles. The van der Waals surface area contributed by atoms with Crippen LogP contribution in [0.3, 0.4) is 0 Å². The summed E-state index contributed by atoms with van der Waals surface area (Å²) in [4.78, 5) is 12.8. The first-order valence-electron chi connectivity index (χ1n) is 10.5. The topological polar surface area (TPSA) is 78.8 Å². The first kappa shape index (κ1) is 22.2. The standard InChI is InChI=1S/C23H29N3O3S/c27-23(25-24-21-14-8-2-1-3-9-15-21)19-26(18-20-12-6-4-7-13-20)30(28,29)22-16-10-5-11-17-22/h4-7,10-13,16-17H,1-3,8-9,14-15,18-19H2,(H,25,27). The summed E-state index contributed by atoms with van der Waals surface area (Å²) in [5.41, 5.74) is 4.39. The highest BCUT2D eigenvalue weighted by atomic mass is 32.2. The van der Waals surface area contributed by atoms with Crippen LogP contribution in [-0.4, -0.2) is 30.9 Å². The van der Waals surface area contributed by atoms with E-state index in [9.17, 15) is 13.2 Å². The molecule has 0 spiro atoms. The molecular formula is C23H29N3O3S. The average Bonchev–Trinajstić information content (AvgIpc) is 2.74. The van der Waals surface area contributed by atoms with Gasteiger partial charge in [-0.2, -0.15) is 9.41 Å². The molecule has 0 atom stereocenters. The van der Waals surface area contributed by atoms with Gasteiger partial charge in [-0.15, -0.1) is 0 Å². The fourth-order valence-electron chi connectivity index (χ4n) is 3.52. The zero-order chi connectivity index (χ0) is 21.2. The van der Waals surface area contributed by atoms with Crippen molar-refractivity contribution in [1.82, 2.24) is 9.73 Å². The Labute approximate surface area is 179 Å². The number of rotatable bonds is 7. The monoisotopic (exact) mass is 427 g/mol. The van der Waals surface area contributed by atoms with Crippen LogP contribution in [0.1, 0.15) is 50.5 Å². The van der Waals surface area contributed by atoms with E-state index in [1.165, 1.54) is 23.6 Å². The van der Waals surface area contributed by atoms with Crippen molar-refractivity contribution in [1.29, 1.82) is 0 Å². The van der Waals surface area contributed by atoms with E-state index in [1.54, 1.807) is 30.3 Å². The Balaban J connectivity index is 1.74. The van der Waals surface area contributed by atoms with E-state index in [0.29, 0.717) is 0 Å². The van der Waals surface area contributed by atoms with E-state index in [-0.39, 0.29) is 18.0 Å². The van der Waals surface area contributed by atoms with Crippen molar-refractivity contribution in [3.63, 3.8) is 0 Å². The lowest BCUT2D eigenvalue weighted by atomic mass is 9.99. The van der Waals surface area contributed by atoms with Gasteiger partial charge >= 0.3 is 0 Å². The Hall–Kier alpha value is -2.51. The van der Waals surface area contributed by atoms with Gasteiger partial charge in [-0.05, 0) is 43.4 Å². The molecule has 1 amide bonds. The molecule has 1 aliphatic carbocycles. The van der Waals surface area contributed by atoms with Crippen LogP contribution in [0.15, 0.2) is 70.7 Å². The first-order valence-corrected chi connectivity index (χ1v) is 11.9. The van der Waals surface area contributed by atoms with Crippen molar-refractivity contribution in [2.24, 2.45) is 5.10 Å². The number of carbonyl (C=O) groups is 1. The van der Waals surface area contributed by atoms with Crippen molar-refractivity contribution >= 4 is 21.6 Å². The van der Waals surface area contributed by atoms with Gasteiger partial charge in [0.05, 0.1) is 11.4 Å². The number of sulfonamides is 1. The van der Waals surface area contributed by atoms with Gasteiger partial charge in [0.2, 0.25) is 10.0 Å². The summed E-state index contributed by atoms with van der Waals surface area (Å²) in [6, 6.07) is 17.5. The summed E-state index contributed by atoms with van der Waals surface area (Å²) in [5, 5.41) is 4.30. The van der Waals surface area contributed by atoms with Crippen LogP contribution < -0.4 is 5.43 Å². The van der Waals surface area contributed by atoms with Crippen LogP contribution in [0.25, 0.3) is 0 Å². The SMILES string of the molecule is O=C(CN(Cc1ccccc1)S(=O)(=O)c1ccccc1)NN=C1CCCCCCC1. The summed E-state index contributed by atoms with van der Waals surface area (Å²) < 4.78 is 27.5. The first-order chi connectivity index (χ1) is 14.6.